The summed E-state index contributed by atoms with van der Waals surface area (Å²) in [6.07, 6.45) is 12.5. The van der Waals surface area contributed by atoms with Gasteiger partial charge in [-0.15, -0.1) is 0 Å². The third-order valence-electron chi connectivity index (χ3n) is 4.31. The predicted molar refractivity (Wildman–Crippen MR) is 104 cm³/mol. The minimum atomic E-state index is 0.233. The van der Waals surface area contributed by atoms with Gasteiger partial charge in [-0.05, 0) is 77.0 Å². The second-order valence-corrected chi connectivity index (χ2v) is 6.98. The molecule has 0 spiro atoms. The lowest BCUT2D eigenvalue weighted by Crippen LogP contribution is -1.92. The van der Waals surface area contributed by atoms with Crippen LogP contribution in [-0.4, -0.2) is 10.2 Å². The van der Waals surface area contributed by atoms with E-state index in [1.54, 1.807) is 0 Å². The molecule has 0 saturated carbocycles. The fourth-order valence-corrected chi connectivity index (χ4v) is 2.83. The molecule has 0 aromatic heterocycles. The fourth-order valence-electron chi connectivity index (χ4n) is 2.83. The summed E-state index contributed by atoms with van der Waals surface area (Å²) in [5, 5.41) is 20.4. The van der Waals surface area contributed by atoms with Crippen LogP contribution in [0.3, 0.4) is 0 Å². The Morgan fingerprint density at radius 1 is 0.917 bits per heavy atom. The molecule has 1 rings (SSSR count). The van der Waals surface area contributed by atoms with E-state index in [0.29, 0.717) is 12.0 Å². The zero-order valence-corrected chi connectivity index (χ0v) is 15.9. The molecule has 0 aliphatic heterocycles. The summed E-state index contributed by atoms with van der Waals surface area (Å²) in [4.78, 5) is 0. The molecule has 24 heavy (non-hydrogen) atoms. The van der Waals surface area contributed by atoms with E-state index in [2.05, 4.69) is 39.8 Å². The molecule has 0 radical (unpaired) electrons. The Hall–Kier alpha value is -1.70. The van der Waals surface area contributed by atoms with Crippen molar-refractivity contribution in [2.24, 2.45) is 0 Å². The molecule has 0 saturated heterocycles. The van der Waals surface area contributed by atoms with Crippen LogP contribution in [-0.2, 0) is 12.8 Å². The van der Waals surface area contributed by atoms with Gasteiger partial charge in [0, 0.05) is 5.56 Å². The average Bonchev–Trinajstić information content (AvgIpc) is 2.50. The van der Waals surface area contributed by atoms with E-state index < -0.39 is 0 Å². The number of hydrogen-bond acceptors (Lipinski definition) is 2. The number of allylic oxidation sites excluding steroid dienone is 4. The fraction of sp³-hybridized carbons (Fsp3) is 0.545. The number of benzene rings is 1. The van der Waals surface area contributed by atoms with Crippen LogP contribution in [0.4, 0.5) is 0 Å². The van der Waals surface area contributed by atoms with E-state index in [-0.39, 0.29) is 11.5 Å². The third kappa shape index (κ3) is 7.72. The van der Waals surface area contributed by atoms with Crippen LogP contribution in [0.25, 0.3) is 0 Å². The molecule has 0 unspecified atom stereocenters. The number of aromatic hydroxyl groups is 2. The number of aryl methyl sites for hydroxylation is 1. The number of phenols is 2. The van der Waals surface area contributed by atoms with Gasteiger partial charge in [-0.2, -0.15) is 0 Å². The first-order valence-corrected chi connectivity index (χ1v) is 9.26. The zero-order valence-electron chi connectivity index (χ0n) is 15.9. The molecule has 2 heteroatoms. The molecule has 0 amide bonds. The first kappa shape index (κ1) is 20.3. The highest BCUT2D eigenvalue weighted by Gasteiger charge is 2.09. The molecular weight excluding hydrogens is 296 g/mol. The molecular formula is C22H34O2. The Morgan fingerprint density at radius 2 is 1.58 bits per heavy atom. The first-order valence-electron chi connectivity index (χ1n) is 9.26. The molecule has 2 nitrogen and oxygen atoms in total. The largest absolute Gasteiger partial charge is 0.508 e. The van der Waals surface area contributed by atoms with E-state index in [4.69, 9.17) is 0 Å². The van der Waals surface area contributed by atoms with Crippen LogP contribution in [0.2, 0.25) is 0 Å². The number of phenolic OH excluding ortho intramolecular Hbond substituents is 2. The zero-order chi connectivity index (χ0) is 17.9. The minimum absolute atomic E-state index is 0.233. The Balaban J connectivity index is 2.57. The maximum Gasteiger partial charge on any atom is 0.122 e. The topological polar surface area (TPSA) is 40.5 Å². The lowest BCUT2D eigenvalue weighted by Gasteiger charge is -2.10. The molecule has 1 aromatic carbocycles. The molecule has 0 aliphatic carbocycles. The molecule has 0 bridgehead atoms. The van der Waals surface area contributed by atoms with Gasteiger partial charge in [0.15, 0.2) is 0 Å². The number of unbranched alkanes of at least 4 members (excludes halogenated alkanes) is 2. The van der Waals surface area contributed by atoms with Crippen molar-refractivity contribution in [3.8, 4) is 11.5 Å². The van der Waals surface area contributed by atoms with E-state index in [0.717, 1.165) is 37.7 Å². The van der Waals surface area contributed by atoms with Crippen molar-refractivity contribution >= 4 is 0 Å². The van der Waals surface area contributed by atoms with Crippen molar-refractivity contribution in [1.29, 1.82) is 0 Å². The average molecular weight is 331 g/mol. The van der Waals surface area contributed by atoms with Gasteiger partial charge in [-0.1, -0.05) is 43.1 Å². The standard InChI is InChI=1S/C22H34O2/c1-5-6-7-13-19-15-21(23)20(22(24)16-19)14-9-12-18(4)11-8-10-17(2)3/h10,12,15-16,23-24H,5-9,11,13-14H2,1-4H3/b18-12-. The van der Waals surface area contributed by atoms with E-state index >= 15 is 0 Å². The van der Waals surface area contributed by atoms with Crippen molar-refractivity contribution in [1.82, 2.24) is 0 Å². The summed E-state index contributed by atoms with van der Waals surface area (Å²) >= 11 is 0. The minimum Gasteiger partial charge on any atom is -0.508 e. The van der Waals surface area contributed by atoms with Gasteiger partial charge in [-0.25, -0.2) is 0 Å². The van der Waals surface area contributed by atoms with E-state index in [1.807, 2.05) is 12.1 Å². The summed E-state index contributed by atoms with van der Waals surface area (Å²) in [5.74, 6) is 0.467. The lowest BCUT2D eigenvalue weighted by molar-refractivity contribution is 0.436. The van der Waals surface area contributed by atoms with Crippen molar-refractivity contribution in [2.75, 3.05) is 0 Å². The molecule has 0 heterocycles. The van der Waals surface area contributed by atoms with Crippen LogP contribution in [0.1, 0.15) is 77.3 Å². The molecule has 0 fully saturated rings. The van der Waals surface area contributed by atoms with Crippen LogP contribution < -0.4 is 0 Å². The normalized spacial score (nSPS) is 11.6. The van der Waals surface area contributed by atoms with Gasteiger partial charge < -0.3 is 10.2 Å². The second kappa shape index (κ2) is 11.0. The van der Waals surface area contributed by atoms with Gasteiger partial charge in [0.2, 0.25) is 0 Å². The quantitative estimate of drug-likeness (QED) is 0.382. The Bertz CT molecular complexity index is 540. The monoisotopic (exact) mass is 330 g/mol. The van der Waals surface area contributed by atoms with E-state index in [9.17, 15) is 10.2 Å². The van der Waals surface area contributed by atoms with Crippen LogP contribution in [0.5, 0.6) is 11.5 Å². The highest BCUT2D eigenvalue weighted by Crippen LogP contribution is 2.31. The Kier molecular flexibility index (Phi) is 9.29. The molecule has 2 N–H and O–H groups in total. The highest BCUT2D eigenvalue weighted by atomic mass is 16.3. The highest BCUT2D eigenvalue weighted by molar-refractivity contribution is 5.46. The maximum absolute atomic E-state index is 10.2. The maximum atomic E-state index is 10.2. The van der Waals surface area contributed by atoms with Gasteiger partial charge in [0.1, 0.15) is 11.5 Å². The SMILES string of the molecule is CCCCCc1cc(O)c(CC/C=C(/C)CCC=C(C)C)c(O)c1. The summed E-state index contributed by atoms with van der Waals surface area (Å²) in [6.45, 7) is 8.57. The van der Waals surface area contributed by atoms with Gasteiger partial charge in [0.25, 0.3) is 0 Å². The van der Waals surface area contributed by atoms with Crippen molar-refractivity contribution in [3.05, 3.63) is 46.6 Å². The Morgan fingerprint density at radius 3 is 2.17 bits per heavy atom. The van der Waals surface area contributed by atoms with Gasteiger partial charge >= 0.3 is 0 Å². The van der Waals surface area contributed by atoms with Gasteiger partial charge in [0.05, 0.1) is 0 Å². The van der Waals surface area contributed by atoms with Crippen LogP contribution in [0.15, 0.2) is 35.4 Å². The lowest BCUT2D eigenvalue weighted by atomic mass is 10.00. The number of hydrogen-bond donors (Lipinski definition) is 2. The molecule has 0 aliphatic rings. The van der Waals surface area contributed by atoms with Crippen LogP contribution in [0, 0.1) is 0 Å². The molecule has 1 aromatic rings. The van der Waals surface area contributed by atoms with Crippen molar-refractivity contribution in [3.63, 3.8) is 0 Å². The summed E-state index contributed by atoms with van der Waals surface area (Å²) in [7, 11) is 0. The summed E-state index contributed by atoms with van der Waals surface area (Å²) < 4.78 is 0. The summed E-state index contributed by atoms with van der Waals surface area (Å²) in [6, 6.07) is 3.63. The number of rotatable bonds is 10. The predicted octanol–water partition coefficient (Wildman–Crippen LogP) is 6.46. The molecule has 134 valence electrons. The van der Waals surface area contributed by atoms with Gasteiger partial charge in [-0.3, -0.25) is 0 Å². The summed E-state index contributed by atoms with van der Waals surface area (Å²) in [5.41, 5.74) is 4.41. The van der Waals surface area contributed by atoms with E-state index in [1.165, 1.54) is 24.0 Å². The smallest absolute Gasteiger partial charge is 0.122 e. The second-order valence-electron chi connectivity index (χ2n) is 6.98. The third-order valence-corrected chi connectivity index (χ3v) is 4.31. The van der Waals surface area contributed by atoms with Crippen molar-refractivity contribution in [2.45, 2.75) is 79.1 Å². The first-order chi connectivity index (χ1) is 11.4. The Labute approximate surface area is 147 Å². The van der Waals surface area contributed by atoms with Crippen LogP contribution >= 0.6 is 0 Å². The van der Waals surface area contributed by atoms with Crippen molar-refractivity contribution < 1.29 is 10.2 Å². The molecule has 0 atom stereocenters.